The van der Waals surface area contributed by atoms with Gasteiger partial charge in [0, 0.05) is 11.8 Å². The van der Waals surface area contributed by atoms with Crippen LogP contribution in [0, 0.1) is 17.4 Å². The molecule has 0 aromatic rings. The van der Waals surface area contributed by atoms with Crippen molar-refractivity contribution in [1.29, 1.82) is 0 Å². The molecule has 0 rings (SSSR count). The molecule has 5 nitrogen and oxygen atoms in total. The van der Waals surface area contributed by atoms with E-state index in [1.807, 2.05) is 6.11 Å². The van der Waals surface area contributed by atoms with Gasteiger partial charge in [-0.25, -0.2) is 4.79 Å². The van der Waals surface area contributed by atoms with E-state index in [0.29, 0.717) is 0 Å². The van der Waals surface area contributed by atoms with Gasteiger partial charge < -0.3 is 19.7 Å². The van der Waals surface area contributed by atoms with Gasteiger partial charge in [0.15, 0.2) is 0 Å². The first-order chi connectivity index (χ1) is 6.88. The summed E-state index contributed by atoms with van der Waals surface area (Å²) in [5.74, 6) is 2.37. The molecular formula is C10H16O5. The van der Waals surface area contributed by atoms with Crippen LogP contribution < -0.4 is 0 Å². The van der Waals surface area contributed by atoms with Gasteiger partial charge in [-0.2, -0.15) is 0 Å². The van der Waals surface area contributed by atoms with Crippen molar-refractivity contribution in [3.63, 3.8) is 0 Å². The van der Waals surface area contributed by atoms with Crippen LogP contribution in [0.3, 0.4) is 0 Å². The van der Waals surface area contributed by atoms with E-state index in [2.05, 4.69) is 15.4 Å². The minimum atomic E-state index is -1.25. The van der Waals surface area contributed by atoms with Gasteiger partial charge in [-0.3, -0.25) is 0 Å². The Morgan fingerprint density at radius 1 is 1.47 bits per heavy atom. The molecular weight excluding hydrogens is 200 g/mol. The number of ether oxygens (including phenoxy) is 2. The molecule has 0 bridgehead atoms. The maximum atomic E-state index is 10.9. The number of carbonyl (C=O) groups is 1. The van der Waals surface area contributed by atoms with Crippen LogP contribution in [0.2, 0.25) is 0 Å². The van der Waals surface area contributed by atoms with E-state index in [-0.39, 0.29) is 13.0 Å². The van der Waals surface area contributed by atoms with E-state index in [1.54, 1.807) is 20.8 Å². The van der Waals surface area contributed by atoms with Crippen LogP contribution in [0.1, 0.15) is 27.2 Å². The molecule has 0 amide bonds. The monoisotopic (exact) mass is 216 g/mol. The first kappa shape index (κ1) is 13.8. The summed E-state index contributed by atoms with van der Waals surface area (Å²) in [5.41, 5.74) is -0.572. The highest BCUT2D eigenvalue weighted by molar-refractivity contribution is 5.61. The molecule has 1 unspecified atom stereocenters. The molecule has 0 saturated carbocycles. The standard InChI is InChI=1S/C10H16O5/c1-10(2,3)8(12)15-9(13)14-7-5-4-6-11/h8,11-12H,4,6H2,1-3H3. The van der Waals surface area contributed by atoms with E-state index in [4.69, 9.17) is 5.11 Å². The number of hydrogen-bond donors (Lipinski definition) is 2. The topological polar surface area (TPSA) is 76.0 Å². The second kappa shape index (κ2) is 6.27. The number of carbonyl (C=O) groups excluding carboxylic acids is 1. The fourth-order valence-electron chi connectivity index (χ4n) is 0.477. The molecule has 0 spiro atoms. The van der Waals surface area contributed by atoms with Crippen LogP contribution >= 0.6 is 0 Å². The van der Waals surface area contributed by atoms with Crippen molar-refractivity contribution in [2.24, 2.45) is 5.41 Å². The fourth-order valence-corrected chi connectivity index (χ4v) is 0.477. The van der Waals surface area contributed by atoms with Gasteiger partial charge in [0.05, 0.1) is 6.61 Å². The highest BCUT2D eigenvalue weighted by atomic mass is 16.8. The summed E-state index contributed by atoms with van der Waals surface area (Å²) in [6.07, 6.45) is -0.0340. The molecule has 2 N–H and O–H groups in total. The van der Waals surface area contributed by atoms with Gasteiger partial charge in [0.2, 0.25) is 6.29 Å². The molecule has 0 saturated heterocycles. The third kappa shape index (κ3) is 6.77. The lowest BCUT2D eigenvalue weighted by molar-refractivity contribution is -0.130. The van der Waals surface area contributed by atoms with E-state index in [1.165, 1.54) is 0 Å². The van der Waals surface area contributed by atoms with Crippen LogP contribution in [0.25, 0.3) is 0 Å². The summed E-state index contributed by atoms with van der Waals surface area (Å²) in [6, 6.07) is 0. The molecule has 1 atom stereocenters. The Bertz CT molecular complexity index is 255. The molecule has 0 heterocycles. The van der Waals surface area contributed by atoms with E-state index >= 15 is 0 Å². The number of hydrogen-bond acceptors (Lipinski definition) is 5. The van der Waals surface area contributed by atoms with Crippen molar-refractivity contribution in [1.82, 2.24) is 0 Å². The quantitative estimate of drug-likeness (QED) is 0.406. The average Bonchev–Trinajstić information content (AvgIpc) is 2.11. The van der Waals surface area contributed by atoms with Gasteiger partial charge in [-0.05, 0) is 0 Å². The Labute approximate surface area is 89.0 Å². The molecule has 0 aromatic heterocycles. The number of aliphatic hydroxyl groups excluding tert-OH is 2. The molecule has 15 heavy (non-hydrogen) atoms. The first-order valence-corrected chi connectivity index (χ1v) is 4.52. The van der Waals surface area contributed by atoms with Crippen molar-refractivity contribution in [2.75, 3.05) is 6.61 Å². The van der Waals surface area contributed by atoms with E-state index in [9.17, 15) is 9.90 Å². The third-order valence-electron chi connectivity index (χ3n) is 1.39. The van der Waals surface area contributed by atoms with Crippen LogP contribution in [-0.2, 0) is 9.47 Å². The summed E-state index contributed by atoms with van der Waals surface area (Å²) in [6.45, 7) is 5.03. The summed E-state index contributed by atoms with van der Waals surface area (Å²) >= 11 is 0. The molecule has 0 aliphatic rings. The molecule has 0 aliphatic carbocycles. The summed E-state index contributed by atoms with van der Waals surface area (Å²) in [5, 5.41) is 17.7. The molecule has 5 heteroatoms. The Morgan fingerprint density at radius 2 is 2.07 bits per heavy atom. The SMILES string of the molecule is CC(C)(C)C(O)OC(=O)OC#CCCO. The predicted molar refractivity (Wildman–Crippen MR) is 52.5 cm³/mol. The average molecular weight is 216 g/mol. The molecule has 0 aromatic carbocycles. The zero-order chi connectivity index (χ0) is 11.9. The molecule has 0 fully saturated rings. The number of rotatable bonds is 2. The largest absolute Gasteiger partial charge is 0.525 e. The normalized spacial score (nSPS) is 12.3. The first-order valence-electron chi connectivity index (χ1n) is 4.52. The second-order valence-electron chi connectivity index (χ2n) is 3.94. The minimum absolute atomic E-state index is 0.101. The van der Waals surface area contributed by atoms with Crippen LogP contribution in [-0.4, -0.2) is 29.3 Å². The number of aliphatic hydroxyl groups is 2. The van der Waals surface area contributed by atoms with Crippen molar-refractivity contribution in [2.45, 2.75) is 33.5 Å². The minimum Gasteiger partial charge on any atom is -0.403 e. The Balaban J connectivity index is 3.91. The Morgan fingerprint density at radius 3 is 2.53 bits per heavy atom. The van der Waals surface area contributed by atoms with Crippen molar-refractivity contribution in [3.05, 3.63) is 0 Å². The highest BCUT2D eigenvalue weighted by Gasteiger charge is 2.26. The summed E-state index contributed by atoms with van der Waals surface area (Å²) in [7, 11) is 0. The fraction of sp³-hybridized carbons (Fsp3) is 0.700. The maximum Gasteiger partial charge on any atom is 0.525 e. The maximum absolute atomic E-state index is 10.9. The Hall–Kier alpha value is -1.25. The Kier molecular flexibility index (Phi) is 5.75. The van der Waals surface area contributed by atoms with Crippen molar-refractivity contribution in [3.8, 4) is 12.0 Å². The van der Waals surface area contributed by atoms with Gasteiger partial charge in [-0.1, -0.05) is 26.7 Å². The van der Waals surface area contributed by atoms with Crippen molar-refractivity contribution < 1.29 is 24.5 Å². The molecule has 86 valence electrons. The lowest BCUT2D eigenvalue weighted by atomic mass is 9.96. The van der Waals surface area contributed by atoms with Gasteiger partial charge in [0.1, 0.15) is 6.11 Å². The second-order valence-corrected chi connectivity index (χ2v) is 3.94. The predicted octanol–water partition coefficient (Wildman–Crippen LogP) is 0.847. The molecule has 0 aliphatic heterocycles. The lowest BCUT2D eigenvalue weighted by Gasteiger charge is -2.23. The van der Waals surface area contributed by atoms with Crippen LogP contribution in [0.4, 0.5) is 4.79 Å². The van der Waals surface area contributed by atoms with Crippen molar-refractivity contribution >= 4 is 6.16 Å². The smallest absolute Gasteiger partial charge is 0.403 e. The summed E-state index contributed by atoms with van der Waals surface area (Å²) in [4.78, 5) is 10.9. The third-order valence-corrected chi connectivity index (χ3v) is 1.39. The summed E-state index contributed by atoms with van der Waals surface area (Å²) < 4.78 is 8.84. The van der Waals surface area contributed by atoms with Gasteiger partial charge in [-0.15, -0.1) is 0 Å². The highest BCUT2D eigenvalue weighted by Crippen LogP contribution is 2.20. The zero-order valence-corrected chi connectivity index (χ0v) is 9.11. The van der Waals surface area contributed by atoms with Gasteiger partial charge >= 0.3 is 6.16 Å². The lowest BCUT2D eigenvalue weighted by Crippen LogP contribution is -2.31. The van der Waals surface area contributed by atoms with Crippen LogP contribution in [0.15, 0.2) is 0 Å². The van der Waals surface area contributed by atoms with E-state index < -0.39 is 17.9 Å². The van der Waals surface area contributed by atoms with E-state index in [0.717, 1.165) is 0 Å². The van der Waals surface area contributed by atoms with Crippen LogP contribution in [0.5, 0.6) is 0 Å². The molecule has 0 radical (unpaired) electrons. The van der Waals surface area contributed by atoms with Gasteiger partial charge in [0.25, 0.3) is 0 Å². The zero-order valence-electron chi connectivity index (χ0n) is 9.11.